The summed E-state index contributed by atoms with van der Waals surface area (Å²) in [6, 6.07) is 9.80. The molecule has 1 aromatic carbocycles. The van der Waals surface area contributed by atoms with E-state index in [-0.39, 0.29) is 18.7 Å². The summed E-state index contributed by atoms with van der Waals surface area (Å²) in [5.41, 5.74) is 0.705. The minimum Gasteiger partial charge on any atom is -0.306 e. The smallest absolute Gasteiger partial charge is 0.306 e. The van der Waals surface area contributed by atoms with Crippen LogP contribution in [-0.2, 0) is 15.9 Å². The Labute approximate surface area is 108 Å². The third kappa shape index (κ3) is 5.50. The van der Waals surface area contributed by atoms with Gasteiger partial charge in [-0.3, -0.25) is 4.79 Å². The van der Waals surface area contributed by atoms with Crippen LogP contribution in [0.3, 0.4) is 0 Å². The number of carbonyl (C=O) groups is 1. The molecule has 5 heteroatoms. The van der Waals surface area contributed by atoms with Crippen molar-refractivity contribution >= 4 is 13.8 Å². The minimum atomic E-state index is -2.25. The van der Waals surface area contributed by atoms with E-state index in [1.165, 1.54) is 0 Å². The monoisotopic (exact) mass is 268 g/mol. The van der Waals surface area contributed by atoms with E-state index >= 15 is 0 Å². The van der Waals surface area contributed by atoms with Crippen molar-refractivity contribution in [3.8, 4) is 0 Å². The molecule has 0 saturated carbocycles. The van der Waals surface area contributed by atoms with Gasteiger partial charge in [0.1, 0.15) is 0 Å². The van der Waals surface area contributed by atoms with E-state index in [1.54, 1.807) is 0 Å². The molecule has 2 unspecified atom stereocenters. The highest BCUT2D eigenvalue weighted by Gasteiger charge is 2.29. The van der Waals surface area contributed by atoms with Gasteiger partial charge in [0.15, 0.2) is 11.4 Å². The van der Waals surface area contributed by atoms with Gasteiger partial charge in [-0.25, -0.2) is 0 Å². The maximum atomic E-state index is 11.6. The molecule has 0 bridgehead atoms. The van der Waals surface area contributed by atoms with Gasteiger partial charge in [0.25, 0.3) is 0 Å². The molecule has 0 spiro atoms. The van der Waals surface area contributed by atoms with Crippen molar-refractivity contribution in [3.63, 3.8) is 0 Å². The van der Waals surface area contributed by atoms with Gasteiger partial charge in [-0.15, -0.1) is 0 Å². The molecule has 0 aliphatic carbocycles. The molecule has 0 saturated heterocycles. The van der Waals surface area contributed by atoms with Crippen LogP contribution in [0.4, 0.5) is 0 Å². The van der Waals surface area contributed by atoms with Crippen molar-refractivity contribution in [1.82, 2.24) is 5.32 Å². The third-order valence-electron chi connectivity index (χ3n) is 2.74. The SMILES string of the molecule is CCC(CC(=O)CNCc1ccccc1)[P+](=O)O. The molecule has 18 heavy (non-hydrogen) atoms. The van der Waals surface area contributed by atoms with Gasteiger partial charge in [0.2, 0.25) is 0 Å². The lowest BCUT2D eigenvalue weighted by atomic mass is 10.1. The van der Waals surface area contributed by atoms with Crippen LogP contribution in [-0.4, -0.2) is 22.9 Å². The highest BCUT2D eigenvalue weighted by Crippen LogP contribution is 2.27. The second-order valence-corrected chi connectivity index (χ2v) is 5.53. The summed E-state index contributed by atoms with van der Waals surface area (Å²) >= 11 is 0. The van der Waals surface area contributed by atoms with Gasteiger partial charge in [0.05, 0.1) is 13.0 Å². The second kappa shape index (κ2) is 8.09. The normalized spacial score (nSPS) is 13.1. The predicted molar refractivity (Wildman–Crippen MR) is 71.7 cm³/mol. The van der Waals surface area contributed by atoms with Crippen LogP contribution < -0.4 is 5.32 Å². The predicted octanol–water partition coefficient (Wildman–Crippen LogP) is 2.25. The van der Waals surface area contributed by atoms with Gasteiger partial charge < -0.3 is 5.32 Å². The first-order chi connectivity index (χ1) is 8.63. The van der Waals surface area contributed by atoms with Crippen LogP contribution in [0.25, 0.3) is 0 Å². The Hall–Kier alpha value is -1.09. The molecule has 0 heterocycles. The zero-order valence-corrected chi connectivity index (χ0v) is 11.4. The molecule has 1 aromatic rings. The van der Waals surface area contributed by atoms with Crippen molar-refractivity contribution in [2.45, 2.75) is 32.0 Å². The lowest BCUT2D eigenvalue weighted by molar-refractivity contribution is -0.118. The standard InChI is InChI=1S/C13H18NO3P/c1-2-13(18(16)17)8-12(15)10-14-9-11-6-4-3-5-7-11/h3-7,13-14H,2,8-10H2,1H3/p+1. The van der Waals surface area contributed by atoms with Gasteiger partial charge >= 0.3 is 8.03 Å². The number of nitrogens with one attached hydrogen (secondary N) is 1. The van der Waals surface area contributed by atoms with Crippen molar-refractivity contribution in [2.24, 2.45) is 0 Å². The maximum Gasteiger partial charge on any atom is 0.509 e. The van der Waals surface area contributed by atoms with Crippen LogP contribution in [0.5, 0.6) is 0 Å². The zero-order chi connectivity index (χ0) is 13.4. The summed E-state index contributed by atoms with van der Waals surface area (Å²) in [4.78, 5) is 20.6. The fourth-order valence-electron chi connectivity index (χ4n) is 1.66. The topological polar surface area (TPSA) is 66.4 Å². The highest BCUT2D eigenvalue weighted by molar-refractivity contribution is 7.38. The van der Waals surface area contributed by atoms with E-state index in [1.807, 2.05) is 37.3 Å². The van der Waals surface area contributed by atoms with Crippen LogP contribution in [0.15, 0.2) is 30.3 Å². The quantitative estimate of drug-likeness (QED) is 0.710. The number of Topliss-reactive ketones (excluding diaryl/α,β-unsaturated/α-hetero) is 1. The molecule has 4 nitrogen and oxygen atoms in total. The first kappa shape index (κ1) is 15.0. The Morgan fingerprint density at radius 3 is 2.61 bits per heavy atom. The molecular formula is C13H19NO3P+. The van der Waals surface area contributed by atoms with Crippen LogP contribution in [0, 0.1) is 0 Å². The Morgan fingerprint density at radius 1 is 1.39 bits per heavy atom. The molecule has 2 atom stereocenters. The van der Waals surface area contributed by atoms with Gasteiger partial charge in [0, 0.05) is 6.54 Å². The van der Waals surface area contributed by atoms with Gasteiger partial charge in [-0.05, 0) is 16.5 Å². The van der Waals surface area contributed by atoms with Crippen molar-refractivity contribution in [1.29, 1.82) is 0 Å². The summed E-state index contributed by atoms with van der Waals surface area (Å²) in [6.45, 7) is 2.70. The lowest BCUT2D eigenvalue weighted by Gasteiger charge is -2.05. The van der Waals surface area contributed by atoms with E-state index < -0.39 is 13.7 Å². The molecule has 0 fully saturated rings. The van der Waals surface area contributed by atoms with Crippen molar-refractivity contribution in [2.75, 3.05) is 6.54 Å². The van der Waals surface area contributed by atoms with E-state index in [0.29, 0.717) is 13.0 Å². The first-order valence-electron chi connectivity index (χ1n) is 6.05. The number of benzene rings is 1. The second-order valence-electron chi connectivity index (χ2n) is 4.20. The highest BCUT2D eigenvalue weighted by atomic mass is 31.1. The Kier molecular flexibility index (Phi) is 6.73. The molecule has 0 aliphatic rings. The molecule has 98 valence electrons. The molecule has 0 amide bonds. The Morgan fingerprint density at radius 2 is 2.06 bits per heavy atom. The molecule has 1 rings (SSSR count). The zero-order valence-electron chi connectivity index (χ0n) is 10.5. The van der Waals surface area contributed by atoms with Gasteiger partial charge in [-0.2, -0.15) is 4.89 Å². The Bertz CT molecular complexity index is 394. The van der Waals surface area contributed by atoms with Crippen LogP contribution >= 0.6 is 8.03 Å². The largest absolute Gasteiger partial charge is 0.509 e. The molecular weight excluding hydrogens is 249 g/mol. The fourth-order valence-corrected chi connectivity index (χ4v) is 2.33. The van der Waals surface area contributed by atoms with Gasteiger partial charge in [-0.1, -0.05) is 37.3 Å². The summed E-state index contributed by atoms with van der Waals surface area (Å²) in [5, 5.41) is 3.04. The molecule has 0 aromatic heterocycles. The molecule has 2 N–H and O–H groups in total. The molecule has 0 radical (unpaired) electrons. The van der Waals surface area contributed by atoms with Crippen molar-refractivity contribution in [3.05, 3.63) is 35.9 Å². The van der Waals surface area contributed by atoms with E-state index in [0.717, 1.165) is 5.56 Å². The van der Waals surface area contributed by atoms with Crippen LogP contribution in [0.2, 0.25) is 0 Å². The lowest BCUT2D eigenvalue weighted by Crippen LogP contribution is -2.24. The number of carbonyl (C=O) groups excluding carboxylic acids is 1. The van der Waals surface area contributed by atoms with E-state index in [4.69, 9.17) is 4.89 Å². The Balaban J connectivity index is 2.27. The van der Waals surface area contributed by atoms with E-state index in [9.17, 15) is 9.36 Å². The minimum absolute atomic E-state index is 0.0184. The summed E-state index contributed by atoms with van der Waals surface area (Å²) < 4.78 is 10.9. The third-order valence-corrected chi connectivity index (χ3v) is 3.91. The van der Waals surface area contributed by atoms with Crippen LogP contribution in [0.1, 0.15) is 25.3 Å². The first-order valence-corrected chi connectivity index (χ1v) is 7.33. The number of hydrogen-bond donors (Lipinski definition) is 2. The average molecular weight is 268 g/mol. The summed E-state index contributed by atoms with van der Waals surface area (Å²) in [7, 11) is -2.25. The number of hydrogen-bond acceptors (Lipinski definition) is 3. The fraction of sp³-hybridized carbons (Fsp3) is 0.462. The number of ketones is 1. The average Bonchev–Trinajstić information content (AvgIpc) is 2.37. The molecule has 0 aliphatic heterocycles. The summed E-state index contributed by atoms with van der Waals surface area (Å²) in [6.07, 6.45) is 0.722. The summed E-state index contributed by atoms with van der Waals surface area (Å²) in [5.74, 6) is -0.0184. The maximum absolute atomic E-state index is 11.6. The number of rotatable bonds is 8. The van der Waals surface area contributed by atoms with E-state index in [2.05, 4.69) is 5.32 Å². The van der Waals surface area contributed by atoms with Crippen molar-refractivity contribution < 1.29 is 14.3 Å².